The Balaban J connectivity index is 2.52. The summed E-state index contributed by atoms with van der Waals surface area (Å²) in [5.74, 6) is -0.00147. The number of hydrogen-bond acceptors (Lipinski definition) is 4. The second-order valence-electron chi connectivity index (χ2n) is 2.94. The molecule has 2 aromatic rings. The van der Waals surface area contributed by atoms with E-state index in [0.717, 1.165) is 0 Å². The van der Waals surface area contributed by atoms with Gasteiger partial charge in [-0.25, -0.2) is 4.39 Å². The maximum Gasteiger partial charge on any atom is 0.240 e. The van der Waals surface area contributed by atoms with Gasteiger partial charge in [0.2, 0.25) is 11.7 Å². The van der Waals surface area contributed by atoms with Crippen LogP contribution in [0.25, 0.3) is 11.4 Å². The summed E-state index contributed by atoms with van der Waals surface area (Å²) in [5.41, 5.74) is 5.79. The van der Waals surface area contributed by atoms with Crippen molar-refractivity contribution in [2.24, 2.45) is 5.73 Å². The van der Waals surface area contributed by atoms with Crippen LogP contribution in [-0.4, -0.2) is 10.1 Å². The molecule has 0 bridgehead atoms. The summed E-state index contributed by atoms with van der Waals surface area (Å²) in [6.07, 6.45) is 0. The zero-order chi connectivity index (χ0) is 11.7. The Bertz CT molecular complexity index is 531. The largest absolute Gasteiger partial charge is 0.338 e. The minimum atomic E-state index is -0.557. The van der Waals surface area contributed by atoms with Crippen molar-refractivity contribution in [2.45, 2.75) is 6.54 Å². The monoisotopic (exact) mass is 305 g/mol. The normalized spacial score (nSPS) is 10.8. The number of nitrogens with zero attached hydrogens (tertiary/aromatic N) is 2. The maximum absolute atomic E-state index is 13.5. The topological polar surface area (TPSA) is 64.9 Å². The van der Waals surface area contributed by atoms with Crippen LogP contribution in [0.5, 0.6) is 0 Å². The third-order valence-corrected chi connectivity index (χ3v) is 2.99. The van der Waals surface area contributed by atoms with Gasteiger partial charge in [-0.3, -0.25) is 0 Å². The van der Waals surface area contributed by atoms with Crippen molar-refractivity contribution in [2.75, 3.05) is 0 Å². The Hall–Kier alpha value is -0.980. The van der Waals surface area contributed by atoms with E-state index in [2.05, 4.69) is 26.1 Å². The molecule has 0 amide bonds. The third kappa shape index (κ3) is 1.95. The molecule has 0 spiro atoms. The summed E-state index contributed by atoms with van der Waals surface area (Å²) in [6.45, 7) is 0.140. The standard InChI is InChI=1S/C9H6BrClFN3O/c10-7-4(1-2-5(11)8(7)12)9-14-6(3-13)16-15-9/h1-2H,3,13H2. The van der Waals surface area contributed by atoms with Crippen molar-refractivity contribution in [1.82, 2.24) is 10.1 Å². The minimum Gasteiger partial charge on any atom is -0.338 e. The predicted octanol–water partition coefficient (Wildman–Crippen LogP) is 2.75. The van der Waals surface area contributed by atoms with Crippen molar-refractivity contribution >= 4 is 27.5 Å². The molecule has 0 atom stereocenters. The molecule has 1 aromatic carbocycles. The number of halogens is 3. The molecule has 0 unspecified atom stereocenters. The third-order valence-electron chi connectivity index (χ3n) is 1.92. The van der Waals surface area contributed by atoms with Gasteiger partial charge in [0, 0.05) is 5.56 Å². The van der Waals surface area contributed by atoms with Gasteiger partial charge in [0.1, 0.15) is 0 Å². The average Bonchev–Trinajstić information content (AvgIpc) is 2.74. The van der Waals surface area contributed by atoms with Crippen LogP contribution in [0.4, 0.5) is 4.39 Å². The zero-order valence-electron chi connectivity index (χ0n) is 7.88. The van der Waals surface area contributed by atoms with Gasteiger partial charge >= 0.3 is 0 Å². The molecule has 0 aliphatic heterocycles. The average molecular weight is 307 g/mol. The fourth-order valence-corrected chi connectivity index (χ4v) is 1.94. The molecule has 0 aliphatic rings. The van der Waals surface area contributed by atoms with Gasteiger partial charge in [0.15, 0.2) is 5.82 Å². The van der Waals surface area contributed by atoms with E-state index in [-0.39, 0.29) is 27.8 Å². The molecular weight excluding hydrogens is 300 g/mol. The van der Waals surface area contributed by atoms with Gasteiger partial charge < -0.3 is 10.3 Å². The van der Waals surface area contributed by atoms with Crippen molar-refractivity contribution in [3.8, 4) is 11.4 Å². The van der Waals surface area contributed by atoms with Crippen LogP contribution < -0.4 is 5.73 Å². The molecule has 1 heterocycles. The van der Waals surface area contributed by atoms with Crippen molar-refractivity contribution < 1.29 is 8.91 Å². The predicted molar refractivity (Wildman–Crippen MR) is 60.3 cm³/mol. The van der Waals surface area contributed by atoms with Gasteiger partial charge in [-0.2, -0.15) is 4.98 Å². The zero-order valence-corrected chi connectivity index (χ0v) is 10.2. The van der Waals surface area contributed by atoms with Gasteiger partial charge in [-0.15, -0.1) is 0 Å². The van der Waals surface area contributed by atoms with Crippen molar-refractivity contribution in [3.63, 3.8) is 0 Å². The Morgan fingerprint density at radius 3 is 2.88 bits per heavy atom. The summed E-state index contributed by atoms with van der Waals surface area (Å²) in [7, 11) is 0. The number of aromatic nitrogens is 2. The van der Waals surface area contributed by atoms with Gasteiger partial charge in [-0.1, -0.05) is 16.8 Å². The lowest BCUT2D eigenvalue weighted by atomic mass is 10.2. The van der Waals surface area contributed by atoms with Crippen molar-refractivity contribution in [3.05, 3.63) is 33.3 Å². The van der Waals surface area contributed by atoms with E-state index in [1.54, 1.807) is 6.07 Å². The Labute approximate surface area is 104 Å². The number of hydrogen-bond donors (Lipinski definition) is 1. The maximum atomic E-state index is 13.5. The van der Waals surface area contributed by atoms with E-state index < -0.39 is 5.82 Å². The highest BCUT2D eigenvalue weighted by Crippen LogP contribution is 2.32. The number of benzene rings is 1. The fraction of sp³-hybridized carbons (Fsp3) is 0.111. The van der Waals surface area contributed by atoms with E-state index in [1.165, 1.54) is 6.07 Å². The quantitative estimate of drug-likeness (QED) is 0.867. The molecule has 0 saturated heterocycles. The Morgan fingerprint density at radius 1 is 1.50 bits per heavy atom. The summed E-state index contributed by atoms with van der Waals surface area (Å²) in [4.78, 5) is 3.99. The van der Waals surface area contributed by atoms with Crippen LogP contribution in [0.15, 0.2) is 21.1 Å². The SMILES string of the molecule is NCc1nc(-c2ccc(Cl)c(F)c2Br)no1. The Kier molecular flexibility index (Phi) is 3.22. The minimum absolute atomic E-state index is 0.0261. The number of nitrogens with two attached hydrogens (primary N) is 1. The highest BCUT2D eigenvalue weighted by Gasteiger charge is 2.15. The second-order valence-corrected chi connectivity index (χ2v) is 4.14. The van der Waals surface area contributed by atoms with E-state index in [9.17, 15) is 4.39 Å². The second kappa shape index (κ2) is 4.48. The smallest absolute Gasteiger partial charge is 0.240 e. The molecule has 0 aliphatic carbocycles. The summed E-state index contributed by atoms with van der Waals surface area (Å²) in [5, 5.41) is 3.71. The summed E-state index contributed by atoms with van der Waals surface area (Å²) in [6, 6.07) is 3.02. The lowest BCUT2D eigenvalue weighted by Crippen LogP contribution is -1.96. The lowest BCUT2D eigenvalue weighted by Gasteiger charge is -2.01. The molecule has 4 nitrogen and oxygen atoms in total. The van der Waals surface area contributed by atoms with E-state index in [0.29, 0.717) is 5.56 Å². The molecular formula is C9H6BrClFN3O. The lowest BCUT2D eigenvalue weighted by molar-refractivity contribution is 0.380. The van der Waals surface area contributed by atoms with Crippen LogP contribution in [0, 0.1) is 5.82 Å². The highest BCUT2D eigenvalue weighted by molar-refractivity contribution is 9.10. The highest BCUT2D eigenvalue weighted by atomic mass is 79.9. The van der Waals surface area contributed by atoms with E-state index >= 15 is 0 Å². The molecule has 0 fully saturated rings. The first-order valence-corrected chi connectivity index (χ1v) is 5.47. The van der Waals surface area contributed by atoms with Crippen LogP contribution in [0.1, 0.15) is 5.89 Å². The van der Waals surface area contributed by atoms with E-state index in [1.807, 2.05) is 0 Å². The first-order valence-electron chi connectivity index (χ1n) is 4.30. The van der Waals surface area contributed by atoms with Gasteiger partial charge in [-0.05, 0) is 28.1 Å². The molecule has 2 rings (SSSR count). The summed E-state index contributed by atoms with van der Waals surface area (Å²) >= 11 is 8.70. The van der Waals surface area contributed by atoms with Crippen LogP contribution in [0.3, 0.4) is 0 Å². The Morgan fingerprint density at radius 2 is 2.25 bits per heavy atom. The first-order chi connectivity index (χ1) is 7.63. The molecule has 1 aromatic heterocycles. The van der Waals surface area contributed by atoms with Gasteiger partial charge in [0.05, 0.1) is 16.0 Å². The van der Waals surface area contributed by atoms with Gasteiger partial charge in [0.25, 0.3) is 0 Å². The van der Waals surface area contributed by atoms with Crippen LogP contribution in [-0.2, 0) is 6.54 Å². The van der Waals surface area contributed by atoms with Crippen LogP contribution >= 0.6 is 27.5 Å². The molecule has 0 radical (unpaired) electrons. The molecule has 16 heavy (non-hydrogen) atoms. The summed E-state index contributed by atoms with van der Waals surface area (Å²) < 4.78 is 18.5. The molecule has 0 saturated carbocycles. The van der Waals surface area contributed by atoms with Crippen LogP contribution in [0.2, 0.25) is 5.02 Å². The molecule has 84 valence electrons. The molecule has 7 heteroatoms. The first kappa shape index (κ1) is 11.5. The fourth-order valence-electron chi connectivity index (χ4n) is 1.15. The number of rotatable bonds is 2. The van der Waals surface area contributed by atoms with E-state index in [4.69, 9.17) is 21.9 Å². The molecule has 2 N–H and O–H groups in total. The van der Waals surface area contributed by atoms with Crippen molar-refractivity contribution in [1.29, 1.82) is 0 Å².